The summed E-state index contributed by atoms with van der Waals surface area (Å²) in [6.45, 7) is 6.26. The summed E-state index contributed by atoms with van der Waals surface area (Å²) in [7, 11) is 0. The molecule has 3 heterocycles. The van der Waals surface area contributed by atoms with Crippen LogP contribution in [0.15, 0.2) is 0 Å². The van der Waals surface area contributed by atoms with Gasteiger partial charge in [-0.05, 0) is 25.8 Å². The number of rotatable bonds is 0. The zero-order valence-electron chi connectivity index (χ0n) is 8.96. The van der Waals surface area contributed by atoms with E-state index in [0.29, 0.717) is 4.87 Å². The molecule has 80 valence electrons. The maximum Gasteiger partial charge on any atom is 0.0818 e. The average molecular weight is 212 g/mol. The number of nitrogens with zero attached hydrogens (tertiary/aromatic N) is 1. The lowest BCUT2D eigenvalue weighted by Gasteiger charge is -2.38. The average Bonchev–Trinajstić information content (AvgIpc) is 2.75. The smallest absolute Gasteiger partial charge is 0.0818 e. The Bertz CT molecular complexity index is 233. The van der Waals surface area contributed by atoms with Crippen molar-refractivity contribution in [1.82, 2.24) is 10.2 Å². The normalized spacial score (nSPS) is 48.6. The summed E-state index contributed by atoms with van der Waals surface area (Å²) in [4.78, 5) is 3.17. The summed E-state index contributed by atoms with van der Waals surface area (Å²) in [5.41, 5.74) is 0. The molecular formula is C11H20N2S. The molecule has 1 spiro atoms. The van der Waals surface area contributed by atoms with Crippen molar-refractivity contribution in [2.24, 2.45) is 0 Å². The fourth-order valence-corrected chi connectivity index (χ4v) is 5.05. The second-order valence-electron chi connectivity index (χ2n) is 5.00. The van der Waals surface area contributed by atoms with Crippen LogP contribution in [0.2, 0.25) is 0 Å². The first-order chi connectivity index (χ1) is 6.80. The summed E-state index contributed by atoms with van der Waals surface area (Å²) in [5.74, 6) is 0. The largest absolute Gasteiger partial charge is 0.300 e. The lowest BCUT2D eigenvalue weighted by atomic mass is 9.98. The maximum absolute atomic E-state index is 3.80. The third-order valence-corrected chi connectivity index (χ3v) is 5.63. The Morgan fingerprint density at radius 1 is 1.36 bits per heavy atom. The van der Waals surface area contributed by atoms with Gasteiger partial charge in [0.1, 0.15) is 0 Å². The second-order valence-corrected chi connectivity index (χ2v) is 6.77. The van der Waals surface area contributed by atoms with Crippen LogP contribution in [-0.2, 0) is 0 Å². The Hall–Kier alpha value is 0.270. The first-order valence-corrected chi connectivity index (χ1v) is 6.85. The standard InChI is InChI=1S/C11H20N2S/c1-9-8-12-11(14-9)5-7-13-6-3-2-4-10(11)13/h9-10,12H,2-8H2,1H3. The molecule has 0 aromatic carbocycles. The molecule has 14 heavy (non-hydrogen) atoms. The van der Waals surface area contributed by atoms with Crippen LogP contribution in [0, 0.1) is 0 Å². The van der Waals surface area contributed by atoms with E-state index in [1.165, 1.54) is 45.3 Å². The van der Waals surface area contributed by atoms with Crippen molar-refractivity contribution in [1.29, 1.82) is 0 Å². The highest BCUT2D eigenvalue weighted by atomic mass is 32.2. The molecule has 0 aliphatic carbocycles. The third kappa shape index (κ3) is 1.33. The highest BCUT2D eigenvalue weighted by molar-refractivity contribution is 8.01. The monoisotopic (exact) mass is 212 g/mol. The molecule has 3 unspecified atom stereocenters. The number of nitrogens with one attached hydrogen (secondary N) is 1. The minimum atomic E-state index is 0.444. The minimum Gasteiger partial charge on any atom is -0.300 e. The van der Waals surface area contributed by atoms with Crippen molar-refractivity contribution in [3.05, 3.63) is 0 Å². The van der Waals surface area contributed by atoms with Gasteiger partial charge in [-0.1, -0.05) is 13.3 Å². The van der Waals surface area contributed by atoms with E-state index in [-0.39, 0.29) is 0 Å². The van der Waals surface area contributed by atoms with Crippen molar-refractivity contribution in [2.75, 3.05) is 19.6 Å². The SMILES string of the molecule is CC1CNC2(CCN3CCCCC32)S1. The predicted molar refractivity (Wildman–Crippen MR) is 61.6 cm³/mol. The summed E-state index contributed by atoms with van der Waals surface area (Å²) < 4.78 is 0. The Labute approximate surface area is 90.8 Å². The van der Waals surface area contributed by atoms with Crippen molar-refractivity contribution in [3.63, 3.8) is 0 Å². The van der Waals surface area contributed by atoms with Gasteiger partial charge < -0.3 is 5.32 Å². The molecule has 3 saturated heterocycles. The number of thioether (sulfide) groups is 1. The molecule has 2 nitrogen and oxygen atoms in total. The summed E-state index contributed by atoms with van der Waals surface area (Å²) in [6.07, 6.45) is 5.66. The fourth-order valence-electron chi connectivity index (χ4n) is 3.37. The van der Waals surface area contributed by atoms with E-state index >= 15 is 0 Å². The van der Waals surface area contributed by atoms with E-state index in [4.69, 9.17) is 0 Å². The number of piperidine rings is 1. The number of hydrogen-bond acceptors (Lipinski definition) is 3. The Morgan fingerprint density at radius 3 is 3.07 bits per heavy atom. The zero-order valence-corrected chi connectivity index (χ0v) is 9.78. The Balaban J connectivity index is 1.80. The van der Waals surface area contributed by atoms with Crippen molar-refractivity contribution < 1.29 is 0 Å². The van der Waals surface area contributed by atoms with Crippen LogP contribution in [0.5, 0.6) is 0 Å². The summed E-state index contributed by atoms with van der Waals surface area (Å²) in [5, 5.41) is 4.62. The van der Waals surface area contributed by atoms with Gasteiger partial charge in [-0.15, -0.1) is 11.8 Å². The van der Waals surface area contributed by atoms with E-state index in [9.17, 15) is 0 Å². The van der Waals surface area contributed by atoms with Gasteiger partial charge in [0, 0.05) is 24.4 Å². The number of fused-ring (bicyclic) bond motifs is 2. The van der Waals surface area contributed by atoms with Gasteiger partial charge >= 0.3 is 0 Å². The minimum absolute atomic E-state index is 0.444. The van der Waals surface area contributed by atoms with Crippen molar-refractivity contribution >= 4 is 11.8 Å². The predicted octanol–water partition coefficient (Wildman–Crippen LogP) is 1.67. The quantitative estimate of drug-likeness (QED) is 0.657. The van der Waals surface area contributed by atoms with Gasteiger partial charge in [0.25, 0.3) is 0 Å². The number of hydrogen-bond donors (Lipinski definition) is 1. The highest BCUT2D eigenvalue weighted by Gasteiger charge is 2.51. The molecule has 3 atom stereocenters. The summed E-state index contributed by atoms with van der Waals surface area (Å²) >= 11 is 2.21. The molecule has 3 heteroatoms. The molecular weight excluding hydrogens is 192 g/mol. The van der Waals surface area contributed by atoms with E-state index < -0.39 is 0 Å². The van der Waals surface area contributed by atoms with Crippen LogP contribution < -0.4 is 5.32 Å². The molecule has 0 amide bonds. The molecule has 0 aromatic heterocycles. The maximum atomic E-state index is 3.80. The fraction of sp³-hybridized carbons (Fsp3) is 1.00. The molecule has 0 aromatic rings. The summed E-state index contributed by atoms with van der Waals surface area (Å²) in [6, 6.07) is 0.839. The molecule has 0 saturated carbocycles. The van der Waals surface area contributed by atoms with E-state index in [0.717, 1.165) is 11.3 Å². The van der Waals surface area contributed by atoms with Crippen molar-refractivity contribution in [2.45, 2.75) is 48.8 Å². The van der Waals surface area contributed by atoms with Crippen LogP contribution in [0.3, 0.4) is 0 Å². The Morgan fingerprint density at radius 2 is 2.29 bits per heavy atom. The van der Waals surface area contributed by atoms with Crippen LogP contribution in [-0.4, -0.2) is 40.7 Å². The second kappa shape index (κ2) is 3.39. The first kappa shape index (κ1) is 9.49. The van der Waals surface area contributed by atoms with Gasteiger partial charge in [-0.3, -0.25) is 4.90 Å². The lowest BCUT2D eigenvalue weighted by Crippen LogP contribution is -2.50. The molecule has 3 aliphatic rings. The van der Waals surface area contributed by atoms with E-state index in [2.05, 4.69) is 28.9 Å². The third-order valence-electron chi connectivity index (χ3n) is 4.02. The molecule has 3 rings (SSSR count). The Kier molecular flexibility index (Phi) is 2.30. The highest BCUT2D eigenvalue weighted by Crippen LogP contribution is 2.46. The van der Waals surface area contributed by atoms with Crippen LogP contribution in [0.1, 0.15) is 32.6 Å². The molecule has 1 N–H and O–H groups in total. The van der Waals surface area contributed by atoms with Crippen LogP contribution >= 0.6 is 11.8 Å². The van der Waals surface area contributed by atoms with Gasteiger partial charge in [-0.2, -0.15) is 0 Å². The topological polar surface area (TPSA) is 15.3 Å². The van der Waals surface area contributed by atoms with Gasteiger partial charge in [0.05, 0.1) is 4.87 Å². The van der Waals surface area contributed by atoms with Crippen LogP contribution in [0.25, 0.3) is 0 Å². The van der Waals surface area contributed by atoms with Gasteiger partial charge in [-0.25, -0.2) is 0 Å². The van der Waals surface area contributed by atoms with Gasteiger partial charge in [0.2, 0.25) is 0 Å². The van der Waals surface area contributed by atoms with Crippen molar-refractivity contribution in [3.8, 4) is 0 Å². The van der Waals surface area contributed by atoms with E-state index in [1.807, 2.05) is 0 Å². The zero-order chi connectivity index (χ0) is 9.60. The molecule has 0 radical (unpaired) electrons. The molecule has 3 fully saturated rings. The van der Waals surface area contributed by atoms with Gasteiger partial charge in [0.15, 0.2) is 0 Å². The lowest BCUT2D eigenvalue weighted by molar-refractivity contribution is 0.174. The molecule has 3 aliphatic heterocycles. The van der Waals surface area contributed by atoms with E-state index in [1.54, 1.807) is 0 Å². The molecule has 0 bridgehead atoms. The first-order valence-electron chi connectivity index (χ1n) is 5.97. The van der Waals surface area contributed by atoms with Crippen LogP contribution in [0.4, 0.5) is 0 Å².